The standard InChI is InChI=1S/C9H11N3S/c1-12-3-2-6-7(4-10)9(11)13-8(6)5-12/h2-3,5,11H2,1H3/p+1. The monoisotopic (exact) mass is 194 g/mol. The molecule has 1 aliphatic heterocycles. The molecular formula is C9H12N3S+. The van der Waals surface area contributed by atoms with Crippen LogP contribution in [0.3, 0.4) is 0 Å². The summed E-state index contributed by atoms with van der Waals surface area (Å²) in [6, 6.07) is 2.19. The number of fused-ring (bicyclic) bond motifs is 1. The number of nitrogen functional groups attached to an aromatic ring is 1. The van der Waals surface area contributed by atoms with Gasteiger partial charge in [-0.15, -0.1) is 11.3 Å². The Hall–Kier alpha value is -1.05. The van der Waals surface area contributed by atoms with Crippen LogP contribution in [-0.4, -0.2) is 13.6 Å². The minimum Gasteiger partial charge on any atom is -0.389 e. The topological polar surface area (TPSA) is 54.2 Å². The first-order valence-corrected chi connectivity index (χ1v) is 5.15. The van der Waals surface area contributed by atoms with Gasteiger partial charge in [-0.2, -0.15) is 5.26 Å². The van der Waals surface area contributed by atoms with Gasteiger partial charge in [-0.3, -0.25) is 0 Å². The quantitative estimate of drug-likeness (QED) is 0.599. The van der Waals surface area contributed by atoms with Crippen LogP contribution in [0.1, 0.15) is 16.0 Å². The van der Waals surface area contributed by atoms with E-state index in [4.69, 9.17) is 11.0 Å². The molecule has 1 aromatic heterocycles. The minimum atomic E-state index is 0.696. The van der Waals surface area contributed by atoms with Crippen LogP contribution >= 0.6 is 11.3 Å². The number of nitrogens with two attached hydrogens (primary N) is 1. The van der Waals surface area contributed by atoms with Crippen LogP contribution in [0.4, 0.5) is 5.00 Å². The highest BCUT2D eigenvalue weighted by atomic mass is 32.1. The van der Waals surface area contributed by atoms with Crippen molar-refractivity contribution in [1.29, 1.82) is 5.26 Å². The lowest BCUT2D eigenvalue weighted by atomic mass is 10.0. The largest absolute Gasteiger partial charge is 0.389 e. The number of likely N-dealkylation sites (N-methyl/N-ethyl adjacent to an activating group) is 1. The molecule has 0 fully saturated rings. The first kappa shape index (κ1) is 8.54. The van der Waals surface area contributed by atoms with E-state index in [2.05, 4.69) is 13.1 Å². The number of hydrogen-bond acceptors (Lipinski definition) is 3. The lowest BCUT2D eigenvalue weighted by Crippen LogP contribution is -3.08. The van der Waals surface area contributed by atoms with Crippen molar-refractivity contribution in [3.8, 4) is 6.07 Å². The van der Waals surface area contributed by atoms with Gasteiger partial charge in [-0.05, 0) is 5.56 Å². The molecule has 13 heavy (non-hydrogen) atoms. The average Bonchev–Trinajstić information content (AvgIpc) is 2.39. The van der Waals surface area contributed by atoms with Crippen LogP contribution in [0.15, 0.2) is 0 Å². The molecule has 1 unspecified atom stereocenters. The number of nitrogens with one attached hydrogen (secondary N) is 1. The van der Waals surface area contributed by atoms with Crippen molar-refractivity contribution in [2.75, 3.05) is 19.3 Å². The van der Waals surface area contributed by atoms with Gasteiger partial charge in [0.1, 0.15) is 17.6 Å². The zero-order valence-corrected chi connectivity index (χ0v) is 8.37. The third-order valence-electron chi connectivity index (χ3n) is 2.49. The highest BCUT2D eigenvalue weighted by molar-refractivity contribution is 7.16. The van der Waals surface area contributed by atoms with Crippen molar-refractivity contribution < 1.29 is 4.90 Å². The second-order valence-electron chi connectivity index (χ2n) is 3.49. The van der Waals surface area contributed by atoms with Crippen LogP contribution in [0.25, 0.3) is 0 Å². The Balaban J connectivity index is 2.48. The third kappa shape index (κ3) is 1.30. The number of thiophene rings is 1. The second-order valence-corrected chi connectivity index (χ2v) is 4.63. The zero-order valence-electron chi connectivity index (χ0n) is 7.55. The summed E-state index contributed by atoms with van der Waals surface area (Å²) in [7, 11) is 2.17. The van der Waals surface area contributed by atoms with Gasteiger partial charge >= 0.3 is 0 Å². The van der Waals surface area contributed by atoms with Gasteiger partial charge in [0.15, 0.2) is 0 Å². The molecule has 0 aliphatic carbocycles. The molecule has 0 saturated carbocycles. The van der Waals surface area contributed by atoms with Crippen molar-refractivity contribution >= 4 is 16.3 Å². The van der Waals surface area contributed by atoms with E-state index in [1.54, 1.807) is 11.3 Å². The van der Waals surface area contributed by atoms with E-state index in [1.807, 2.05) is 0 Å². The fraction of sp³-hybridized carbons (Fsp3) is 0.444. The van der Waals surface area contributed by atoms with Gasteiger partial charge in [-0.1, -0.05) is 0 Å². The first-order chi connectivity index (χ1) is 6.22. The fourth-order valence-corrected chi connectivity index (χ4v) is 2.95. The number of nitrogens with zero attached hydrogens (tertiary/aromatic N) is 1. The second kappa shape index (κ2) is 3.02. The van der Waals surface area contributed by atoms with Crippen LogP contribution in [-0.2, 0) is 13.0 Å². The molecule has 1 aliphatic rings. The Morgan fingerprint density at radius 1 is 1.62 bits per heavy atom. The van der Waals surface area contributed by atoms with E-state index in [1.165, 1.54) is 15.3 Å². The van der Waals surface area contributed by atoms with E-state index >= 15 is 0 Å². The van der Waals surface area contributed by atoms with E-state index in [0.29, 0.717) is 5.00 Å². The Bertz CT molecular complexity index is 375. The Labute approximate surface area is 81.4 Å². The first-order valence-electron chi connectivity index (χ1n) is 4.33. The van der Waals surface area contributed by atoms with Gasteiger partial charge < -0.3 is 10.6 Å². The minimum absolute atomic E-state index is 0.696. The van der Waals surface area contributed by atoms with Crippen LogP contribution in [0.2, 0.25) is 0 Å². The summed E-state index contributed by atoms with van der Waals surface area (Å²) in [4.78, 5) is 2.80. The molecule has 0 bridgehead atoms. The summed E-state index contributed by atoms with van der Waals surface area (Å²) >= 11 is 1.58. The van der Waals surface area contributed by atoms with Gasteiger partial charge in [-0.25, -0.2) is 0 Å². The highest BCUT2D eigenvalue weighted by Crippen LogP contribution is 2.31. The Morgan fingerprint density at radius 2 is 2.38 bits per heavy atom. The van der Waals surface area contributed by atoms with Crippen LogP contribution in [0.5, 0.6) is 0 Å². The lowest BCUT2D eigenvalue weighted by molar-refractivity contribution is -0.895. The van der Waals surface area contributed by atoms with Crippen LogP contribution < -0.4 is 10.6 Å². The van der Waals surface area contributed by atoms with Crippen molar-refractivity contribution in [2.24, 2.45) is 0 Å². The van der Waals surface area contributed by atoms with Crippen molar-refractivity contribution in [3.05, 3.63) is 16.0 Å². The number of nitriles is 1. The third-order valence-corrected chi connectivity index (χ3v) is 3.56. The Morgan fingerprint density at radius 3 is 3.08 bits per heavy atom. The molecule has 3 N–H and O–H groups in total. The number of rotatable bonds is 0. The van der Waals surface area contributed by atoms with Crippen LogP contribution in [0, 0.1) is 11.3 Å². The molecule has 1 atom stereocenters. The molecule has 4 heteroatoms. The normalized spacial score (nSPS) is 20.8. The molecular weight excluding hydrogens is 182 g/mol. The summed E-state index contributed by atoms with van der Waals surface area (Å²) in [5.41, 5.74) is 7.70. The molecule has 3 nitrogen and oxygen atoms in total. The lowest BCUT2D eigenvalue weighted by Gasteiger charge is -2.18. The maximum absolute atomic E-state index is 8.90. The zero-order chi connectivity index (χ0) is 9.42. The van der Waals surface area contributed by atoms with Crippen molar-refractivity contribution in [2.45, 2.75) is 13.0 Å². The van der Waals surface area contributed by atoms with Gasteiger partial charge in [0, 0.05) is 6.42 Å². The predicted octanol–water partition coefficient (Wildman–Crippen LogP) is -0.227. The number of hydrogen-bond donors (Lipinski definition) is 2. The van der Waals surface area contributed by atoms with E-state index in [0.717, 1.165) is 25.1 Å². The van der Waals surface area contributed by atoms with E-state index < -0.39 is 0 Å². The molecule has 2 rings (SSSR count). The number of quaternary nitrogens is 1. The fourth-order valence-electron chi connectivity index (χ4n) is 1.76. The van der Waals surface area contributed by atoms with E-state index in [9.17, 15) is 0 Å². The van der Waals surface area contributed by atoms with Gasteiger partial charge in [0.2, 0.25) is 0 Å². The summed E-state index contributed by atoms with van der Waals surface area (Å²) in [6.45, 7) is 2.13. The van der Waals surface area contributed by atoms with Gasteiger partial charge in [0.05, 0.1) is 24.0 Å². The van der Waals surface area contributed by atoms with Crippen molar-refractivity contribution in [3.63, 3.8) is 0 Å². The molecule has 0 radical (unpaired) electrons. The number of anilines is 1. The summed E-state index contributed by atoms with van der Waals surface area (Å²) in [5, 5.41) is 9.60. The predicted molar refractivity (Wildman–Crippen MR) is 52.6 cm³/mol. The van der Waals surface area contributed by atoms with Gasteiger partial charge in [0.25, 0.3) is 0 Å². The average molecular weight is 194 g/mol. The van der Waals surface area contributed by atoms with Crippen molar-refractivity contribution in [1.82, 2.24) is 0 Å². The molecule has 0 saturated heterocycles. The molecule has 1 aromatic rings. The summed E-state index contributed by atoms with van der Waals surface area (Å²) < 4.78 is 0. The molecule has 68 valence electrons. The molecule has 0 amide bonds. The van der Waals surface area contributed by atoms with E-state index in [-0.39, 0.29) is 0 Å². The molecule has 2 heterocycles. The smallest absolute Gasteiger partial charge is 0.112 e. The maximum Gasteiger partial charge on any atom is 0.112 e. The summed E-state index contributed by atoms with van der Waals surface area (Å²) in [5.74, 6) is 0. The molecule has 0 spiro atoms. The summed E-state index contributed by atoms with van der Waals surface area (Å²) in [6.07, 6.45) is 0.998. The SMILES string of the molecule is C[NH+]1CCc2c(sc(N)c2C#N)C1. The Kier molecular flexibility index (Phi) is 1.98. The highest BCUT2D eigenvalue weighted by Gasteiger charge is 2.23. The molecule has 0 aromatic carbocycles. The maximum atomic E-state index is 8.90.